The van der Waals surface area contributed by atoms with Crippen LogP contribution in [0.25, 0.3) is 10.7 Å². The number of hydrogen-bond acceptors (Lipinski definition) is 4. The smallest absolute Gasteiger partial charge is 0.142 e. The molecule has 0 saturated carbocycles. The standard InChI is InChI=1S/C15H20BrN3S/c1-9(2)14-13(8-17-10(3)4)20-15(19-14)12-6-5-11(16)7-18-12/h5-7,9-10,17H,8H2,1-4H3. The first-order valence-electron chi connectivity index (χ1n) is 6.82. The Hall–Kier alpha value is -0.780. The summed E-state index contributed by atoms with van der Waals surface area (Å²) in [6, 6.07) is 4.49. The highest BCUT2D eigenvalue weighted by Crippen LogP contribution is 2.31. The van der Waals surface area contributed by atoms with E-state index in [-0.39, 0.29) is 0 Å². The van der Waals surface area contributed by atoms with Gasteiger partial charge in [0.25, 0.3) is 0 Å². The van der Waals surface area contributed by atoms with Crippen molar-refractivity contribution in [3.8, 4) is 10.7 Å². The fraction of sp³-hybridized carbons (Fsp3) is 0.467. The molecule has 2 aromatic heterocycles. The molecule has 0 aliphatic rings. The Morgan fingerprint density at radius 3 is 2.55 bits per heavy atom. The molecule has 0 saturated heterocycles. The van der Waals surface area contributed by atoms with Gasteiger partial charge in [-0.15, -0.1) is 11.3 Å². The lowest BCUT2D eigenvalue weighted by Gasteiger charge is -2.09. The van der Waals surface area contributed by atoms with E-state index < -0.39 is 0 Å². The summed E-state index contributed by atoms with van der Waals surface area (Å²) in [5.74, 6) is 0.430. The third kappa shape index (κ3) is 3.87. The maximum atomic E-state index is 4.79. The van der Waals surface area contributed by atoms with Crippen molar-refractivity contribution in [2.45, 2.75) is 46.2 Å². The van der Waals surface area contributed by atoms with Crippen LogP contribution >= 0.6 is 27.3 Å². The third-order valence-corrected chi connectivity index (χ3v) is 4.45. The summed E-state index contributed by atoms with van der Waals surface area (Å²) in [5, 5.41) is 4.48. The highest BCUT2D eigenvalue weighted by molar-refractivity contribution is 9.10. The Morgan fingerprint density at radius 1 is 1.25 bits per heavy atom. The maximum Gasteiger partial charge on any atom is 0.142 e. The molecule has 2 aromatic rings. The van der Waals surface area contributed by atoms with Gasteiger partial charge in [0, 0.05) is 28.1 Å². The molecular formula is C15H20BrN3S. The van der Waals surface area contributed by atoms with Gasteiger partial charge in [-0.2, -0.15) is 0 Å². The first kappa shape index (κ1) is 15.6. The summed E-state index contributed by atoms with van der Waals surface area (Å²) in [7, 11) is 0. The predicted octanol–water partition coefficient (Wildman–Crippen LogP) is 4.59. The Morgan fingerprint density at radius 2 is 2.00 bits per heavy atom. The van der Waals surface area contributed by atoms with Crippen molar-refractivity contribution in [2.24, 2.45) is 0 Å². The predicted molar refractivity (Wildman–Crippen MR) is 89.1 cm³/mol. The number of nitrogens with zero attached hydrogens (tertiary/aromatic N) is 2. The Labute approximate surface area is 133 Å². The zero-order valence-corrected chi connectivity index (χ0v) is 14.7. The molecule has 2 heterocycles. The van der Waals surface area contributed by atoms with E-state index in [0.717, 1.165) is 21.7 Å². The second-order valence-corrected chi connectivity index (χ2v) is 7.38. The minimum Gasteiger partial charge on any atom is -0.310 e. The first-order chi connectivity index (χ1) is 9.47. The molecule has 2 rings (SSSR count). The van der Waals surface area contributed by atoms with Gasteiger partial charge in [0.1, 0.15) is 5.01 Å². The molecule has 5 heteroatoms. The monoisotopic (exact) mass is 353 g/mol. The zero-order valence-electron chi connectivity index (χ0n) is 12.3. The fourth-order valence-corrected chi connectivity index (χ4v) is 3.23. The number of aromatic nitrogens is 2. The van der Waals surface area contributed by atoms with Crippen molar-refractivity contribution in [1.29, 1.82) is 0 Å². The second-order valence-electron chi connectivity index (χ2n) is 5.38. The van der Waals surface area contributed by atoms with E-state index in [1.807, 2.05) is 18.3 Å². The summed E-state index contributed by atoms with van der Waals surface area (Å²) >= 11 is 5.15. The van der Waals surface area contributed by atoms with Crippen molar-refractivity contribution in [1.82, 2.24) is 15.3 Å². The molecule has 0 bridgehead atoms. The van der Waals surface area contributed by atoms with E-state index in [1.165, 1.54) is 10.6 Å². The molecule has 0 fully saturated rings. The van der Waals surface area contributed by atoms with Crippen LogP contribution in [0.2, 0.25) is 0 Å². The number of halogens is 1. The number of nitrogens with one attached hydrogen (secondary N) is 1. The number of pyridine rings is 1. The zero-order chi connectivity index (χ0) is 14.7. The molecule has 3 nitrogen and oxygen atoms in total. The molecule has 0 aliphatic carbocycles. The third-order valence-electron chi connectivity index (χ3n) is 2.89. The number of rotatable bonds is 5. The molecule has 0 amide bonds. The number of hydrogen-bond donors (Lipinski definition) is 1. The molecule has 0 unspecified atom stereocenters. The molecule has 0 radical (unpaired) electrons. The van der Waals surface area contributed by atoms with Crippen LogP contribution < -0.4 is 5.32 Å². The van der Waals surface area contributed by atoms with Gasteiger partial charge in [0.15, 0.2) is 0 Å². The van der Waals surface area contributed by atoms with Gasteiger partial charge in [-0.05, 0) is 34.0 Å². The Bertz CT molecular complexity index is 561. The lowest BCUT2D eigenvalue weighted by atomic mass is 10.1. The lowest BCUT2D eigenvalue weighted by Crippen LogP contribution is -2.22. The van der Waals surface area contributed by atoms with Gasteiger partial charge >= 0.3 is 0 Å². The van der Waals surface area contributed by atoms with Crippen LogP contribution in [0.5, 0.6) is 0 Å². The van der Waals surface area contributed by atoms with Crippen molar-refractivity contribution < 1.29 is 0 Å². The van der Waals surface area contributed by atoms with Gasteiger partial charge < -0.3 is 5.32 Å². The molecule has 0 aromatic carbocycles. The summed E-state index contributed by atoms with van der Waals surface area (Å²) in [5.41, 5.74) is 2.12. The van der Waals surface area contributed by atoms with Gasteiger partial charge in [-0.3, -0.25) is 4.98 Å². The highest BCUT2D eigenvalue weighted by Gasteiger charge is 2.16. The average molecular weight is 354 g/mol. The van der Waals surface area contributed by atoms with Crippen LogP contribution in [0.1, 0.15) is 44.2 Å². The van der Waals surface area contributed by atoms with Crippen LogP contribution in [0.3, 0.4) is 0 Å². The second kappa shape index (κ2) is 6.78. The van der Waals surface area contributed by atoms with Crippen molar-refractivity contribution in [3.63, 3.8) is 0 Å². The highest BCUT2D eigenvalue weighted by atomic mass is 79.9. The van der Waals surface area contributed by atoms with Crippen molar-refractivity contribution in [2.75, 3.05) is 0 Å². The van der Waals surface area contributed by atoms with Crippen molar-refractivity contribution in [3.05, 3.63) is 33.4 Å². The van der Waals surface area contributed by atoms with E-state index in [1.54, 1.807) is 11.3 Å². The summed E-state index contributed by atoms with van der Waals surface area (Å²) in [4.78, 5) is 10.5. The molecule has 108 valence electrons. The minimum atomic E-state index is 0.430. The van der Waals surface area contributed by atoms with Gasteiger partial charge in [0.05, 0.1) is 11.4 Å². The van der Waals surface area contributed by atoms with E-state index in [4.69, 9.17) is 4.98 Å². The van der Waals surface area contributed by atoms with Crippen molar-refractivity contribution >= 4 is 27.3 Å². The van der Waals surface area contributed by atoms with Gasteiger partial charge in [0.2, 0.25) is 0 Å². The van der Waals surface area contributed by atoms with E-state index >= 15 is 0 Å². The van der Waals surface area contributed by atoms with Crippen LogP contribution in [0.4, 0.5) is 0 Å². The van der Waals surface area contributed by atoms with Crippen LogP contribution in [0, 0.1) is 0 Å². The van der Waals surface area contributed by atoms with Crippen LogP contribution in [-0.2, 0) is 6.54 Å². The summed E-state index contributed by atoms with van der Waals surface area (Å²) in [6.07, 6.45) is 1.82. The summed E-state index contributed by atoms with van der Waals surface area (Å²) in [6.45, 7) is 9.57. The molecule has 20 heavy (non-hydrogen) atoms. The minimum absolute atomic E-state index is 0.430. The van der Waals surface area contributed by atoms with E-state index in [2.05, 4.69) is 53.9 Å². The Balaban J connectivity index is 2.30. The molecular weight excluding hydrogens is 334 g/mol. The average Bonchev–Trinajstić information content (AvgIpc) is 2.81. The van der Waals surface area contributed by atoms with E-state index in [0.29, 0.717) is 12.0 Å². The van der Waals surface area contributed by atoms with E-state index in [9.17, 15) is 0 Å². The topological polar surface area (TPSA) is 37.8 Å². The molecule has 0 aliphatic heterocycles. The SMILES string of the molecule is CC(C)NCc1sc(-c2ccc(Br)cn2)nc1C(C)C. The normalized spacial score (nSPS) is 11.6. The quantitative estimate of drug-likeness (QED) is 0.853. The molecule has 0 atom stereocenters. The van der Waals surface area contributed by atoms with Gasteiger partial charge in [-0.25, -0.2) is 4.98 Å². The van der Waals surface area contributed by atoms with Crippen LogP contribution in [0.15, 0.2) is 22.8 Å². The number of thiazole rings is 1. The largest absolute Gasteiger partial charge is 0.310 e. The van der Waals surface area contributed by atoms with Crippen LogP contribution in [-0.4, -0.2) is 16.0 Å². The summed E-state index contributed by atoms with van der Waals surface area (Å²) < 4.78 is 0.989. The maximum absolute atomic E-state index is 4.79. The van der Waals surface area contributed by atoms with Gasteiger partial charge in [-0.1, -0.05) is 27.7 Å². The Kier molecular flexibility index (Phi) is 5.29. The molecule has 0 spiro atoms. The molecule has 1 N–H and O–H groups in total. The lowest BCUT2D eigenvalue weighted by molar-refractivity contribution is 0.588. The first-order valence-corrected chi connectivity index (χ1v) is 8.43. The fourth-order valence-electron chi connectivity index (χ4n) is 1.85.